The van der Waals surface area contributed by atoms with Crippen molar-refractivity contribution in [3.63, 3.8) is 0 Å². The summed E-state index contributed by atoms with van der Waals surface area (Å²) in [5.41, 5.74) is 4.73. The minimum atomic E-state index is -0.445. The van der Waals surface area contributed by atoms with Crippen LogP contribution in [0.2, 0.25) is 5.02 Å². The van der Waals surface area contributed by atoms with Crippen molar-refractivity contribution in [1.29, 1.82) is 0 Å². The van der Waals surface area contributed by atoms with Crippen molar-refractivity contribution < 1.29 is 14.7 Å². The van der Waals surface area contributed by atoms with E-state index in [0.717, 1.165) is 35.1 Å². The number of nitrogens with one attached hydrogen (secondary N) is 2. The van der Waals surface area contributed by atoms with E-state index < -0.39 is 11.8 Å². The van der Waals surface area contributed by atoms with Crippen molar-refractivity contribution in [3.8, 4) is 16.9 Å². The smallest absolute Gasteiger partial charge is 0.259 e. The molecule has 1 aromatic heterocycles. The number of amides is 2. The van der Waals surface area contributed by atoms with E-state index in [1.54, 1.807) is 30.0 Å². The number of hydrogen-bond acceptors (Lipinski definition) is 5. The summed E-state index contributed by atoms with van der Waals surface area (Å²) in [6.07, 6.45) is 2.87. The van der Waals surface area contributed by atoms with Crippen LogP contribution in [-0.4, -0.2) is 34.3 Å². The summed E-state index contributed by atoms with van der Waals surface area (Å²) in [4.78, 5) is 27.3. The molecule has 1 aliphatic heterocycles. The lowest BCUT2D eigenvalue weighted by atomic mass is 9.93. The number of nitrogens with zero attached hydrogens (tertiary/aromatic N) is 1. The summed E-state index contributed by atoms with van der Waals surface area (Å²) in [5, 5.41) is 18.2. The number of carbonyl (C=O) groups is 2. The number of carbonyl (C=O) groups excluding carboxylic acids is 2. The number of aromatic hydroxyl groups is 1. The van der Waals surface area contributed by atoms with E-state index in [4.69, 9.17) is 11.6 Å². The second-order valence-electron chi connectivity index (χ2n) is 9.17. The van der Waals surface area contributed by atoms with Crippen LogP contribution < -0.4 is 10.6 Å². The summed E-state index contributed by atoms with van der Waals surface area (Å²) in [6.45, 7) is 1.41. The van der Waals surface area contributed by atoms with Gasteiger partial charge in [-0.1, -0.05) is 41.9 Å². The molecule has 38 heavy (non-hydrogen) atoms. The lowest BCUT2D eigenvalue weighted by Gasteiger charge is -2.13. The average Bonchev–Trinajstić information content (AvgIpc) is 3.39. The number of aryl methyl sites for hydroxylation is 1. The SMILES string of the molecule is CSc1ccccc1NCCCn1c2ccc(O)cc2c2c3c(c(-c4ccccc4Cl)cc21)C(=O)NC3=O. The van der Waals surface area contributed by atoms with E-state index in [-0.39, 0.29) is 5.75 Å². The molecule has 4 aromatic carbocycles. The molecule has 0 bridgehead atoms. The molecule has 6 rings (SSSR count). The van der Waals surface area contributed by atoms with Gasteiger partial charge in [-0.25, -0.2) is 0 Å². The van der Waals surface area contributed by atoms with Gasteiger partial charge in [-0.2, -0.15) is 0 Å². The van der Waals surface area contributed by atoms with Gasteiger partial charge in [0.25, 0.3) is 11.8 Å². The molecule has 0 spiro atoms. The molecule has 0 unspecified atom stereocenters. The highest BCUT2D eigenvalue weighted by Gasteiger charge is 2.34. The maximum atomic E-state index is 13.1. The van der Waals surface area contributed by atoms with Crippen molar-refractivity contribution >= 4 is 62.7 Å². The maximum Gasteiger partial charge on any atom is 0.259 e. The molecule has 2 heterocycles. The van der Waals surface area contributed by atoms with E-state index in [1.807, 2.05) is 42.5 Å². The van der Waals surface area contributed by atoms with Crippen LogP contribution in [0.25, 0.3) is 32.9 Å². The number of phenols is 1. The Morgan fingerprint density at radius 3 is 2.50 bits per heavy atom. The van der Waals surface area contributed by atoms with Gasteiger partial charge in [0, 0.05) is 50.5 Å². The fourth-order valence-corrected chi connectivity index (χ4v) is 6.13. The molecule has 0 radical (unpaired) electrons. The zero-order valence-corrected chi connectivity index (χ0v) is 22.1. The van der Waals surface area contributed by atoms with Crippen LogP contribution in [0.5, 0.6) is 5.75 Å². The Morgan fingerprint density at radius 2 is 1.68 bits per heavy atom. The molecule has 0 saturated carbocycles. The molecule has 2 amide bonds. The molecule has 0 aliphatic carbocycles. The number of fused-ring (bicyclic) bond motifs is 5. The quantitative estimate of drug-likeness (QED) is 0.118. The Balaban J connectivity index is 1.50. The van der Waals surface area contributed by atoms with Gasteiger partial charge in [0.2, 0.25) is 0 Å². The van der Waals surface area contributed by atoms with Crippen LogP contribution in [0.1, 0.15) is 27.1 Å². The fraction of sp³-hybridized carbons (Fsp3) is 0.133. The zero-order chi connectivity index (χ0) is 26.4. The molecular formula is C30H24ClN3O3S. The summed E-state index contributed by atoms with van der Waals surface area (Å²) in [5.74, 6) is -0.790. The standard InChI is InChI=1S/C30H24ClN3O3S/c1-38-25-10-5-4-9-22(25)32-13-6-14-34-23-12-11-17(35)15-20(23)26-24(34)16-19(18-7-2-3-8-21(18)31)27-28(26)30(37)33-29(27)36/h2-5,7-12,15-16,32,35H,6,13-14H2,1H3,(H,33,36,37). The van der Waals surface area contributed by atoms with Crippen LogP contribution in [-0.2, 0) is 6.54 Å². The minimum absolute atomic E-state index is 0.0977. The number of phenolic OH excluding ortho intramolecular Hbond substituents is 1. The molecule has 6 nitrogen and oxygen atoms in total. The summed E-state index contributed by atoms with van der Waals surface area (Å²) >= 11 is 8.25. The Morgan fingerprint density at radius 1 is 0.921 bits per heavy atom. The molecule has 0 saturated heterocycles. The third kappa shape index (κ3) is 3.99. The normalized spacial score (nSPS) is 12.8. The molecule has 8 heteroatoms. The Kier molecular flexibility index (Phi) is 6.26. The number of thioether (sulfide) groups is 1. The number of aromatic nitrogens is 1. The van der Waals surface area contributed by atoms with Crippen molar-refractivity contribution in [3.05, 3.63) is 88.9 Å². The Hall–Kier alpha value is -3.94. The Labute approximate surface area is 228 Å². The predicted molar refractivity (Wildman–Crippen MR) is 155 cm³/mol. The average molecular weight is 542 g/mol. The molecule has 5 aromatic rings. The molecule has 1 aliphatic rings. The summed E-state index contributed by atoms with van der Waals surface area (Å²) in [6, 6.07) is 22.6. The topological polar surface area (TPSA) is 83.4 Å². The third-order valence-electron chi connectivity index (χ3n) is 6.96. The number of imide groups is 1. The van der Waals surface area contributed by atoms with E-state index >= 15 is 0 Å². The summed E-state index contributed by atoms with van der Waals surface area (Å²) in [7, 11) is 0. The van der Waals surface area contributed by atoms with Gasteiger partial charge >= 0.3 is 0 Å². The molecule has 0 fully saturated rings. The van der Waals surface area contributed by atoms with Gasteiger partial charge in [-0.05, 0) is 60.7 Å². The monoisotopic (exact) mass is 541 g/mol. The first kappa shape index (κ1) is 24.4. The second kappa shape index (κ2) is 9.74. The van der Waals surface area contributed by atoms with Gasteiger partial charge in [-0.3, -0.25) is 14.9 Å². The molecular weight excluding hydrogens is 518 g/mol. The van der Waals surface area contributed by atoms with E-state index in [9.17, 15) is 14.7 Å². The highest BCUT2D eigenvalue weighted by Crippen LogP contribution is 2.42. The highest BCUT2D eigenvalue weighted by molar-refractivity contribution is 7.98. The predicted octanol–water partition coefficient (Wildman–Crippen LogP) is 6.93. The van der Waals surface area contributed by atoms with Crippen molar-refractivity contribution in [2.75, 3.05) is 18.1 Å². The maximum absolute atomic E-state index is 13.1. The summed E-state index contributed by atoms with van der Waals surface area (Å²) < 4.78 is 2.16. The fourth-order valence-electron chi connectivity index (χ4n) is 5.32. The van der Waals surface area contributed by atoms with Crippen molar-refractivity contribution in [2.45, 2.75) is 17.9 Å². The third-order valence-corrected chi connectivity index (χ3v) is 8.09. The lowest BCUT2D eigenvalue weighted by Crippen LogP contribution is -2.20. The first-order chi connectivity index (χ1) is 18.5. The zero-order valence-electron chi connectivity index (χ0n) is 20.5. The molecule has 190 valence electrons. The van der Waals surface area contributed by atoms with Gasteiger partial charge in [0.05, 0.1) is 16.6 Å². The number of anilines is 1. The van der Waals surface area contributed by atoms with Crippen LogP contribution in [0.4, 0.5) is 5.69 Å². The van der Waals surface area contributed by atoms with Crippen LogP contribution in [0.3, 0.4) is 0 Å². The first-order valence-electron chi connectivity index (χ1n) is 12.3. The van der Waals surface area contributed by atoms with E-state index in [1.165, 1.54) is 4.90 Å². The van der Waals surface area contributed by atoms with Crippen LogP contribution in [0.15, 0.2) is 77.7 Å². The number of para-hydroxylation sites is 1. The Bertz CT molecular complexity index is 1760. The number of benzene rings is 4. The first-order valence-corrected chi connectivity index (χ1v) is 13.9. The van der Waals surface area contributed by atoms with Crippen LogP contribution >= 0.6 is 23.4 Å². The van der Waals surface area contributed by atoms with Crippen molar-refractivity contribution in [2.24, 2.45) is 0 Å². The molecule has 0 atom stereocenters. The van der Waals surface area contributed by atoms with Crippen LogP contribution in [0, 0.1) is 0 Å². The van der Waals surface area contributed by atoms with Gasteiger partial charge in [0.15, 0.2) is 0 Å². The van der Waals surface area contributed by atoms with Gasteiger partial charge < -0.3 is 15.0 Å². The van der Waals surface area contributed by atoms with Gasteiger partial charge in [-0.15, -0.1) is 11.8 Å². The number of halogens is 1. The molecule has 3 N–H and O–H groups in total. The lowest BCUT2D eigenvalue weighted by molar-refractivity contribution is 0.0880. The number of rotatable bonds is 7. The highest BCUT2D eigenvalue weighted by atomic mass is 35.5. The second-order valence-corrected chi connectivity index (χ2v) is 10.4. The van der Waals surface area contributed by atoms with E-state index in [2.05, 4.69) is 33.6 Å². The largest absolute Gasteiger partial charge is 0.508 e. The van der Waals surface area contributed by atoms with E-state index in [0.29, 0.717) is 39.2 Å². The number of hydrogen-bond donors (Lipinski definition) is 3. The van der Waals surface area contributed by atoms with Gasteiger partial charge in [0.1, 0.15) is 5.75 Å². The van der Waals surface area contributed by atoms with Crippen molar-refractivity contribution in [1.82, 2.24) is 9.88 Å². The minimum Gasteiger partial charge on any atom is -0.508 e.